The molecule has 2 amide bonds. The van der Waals surface area contributed by atoms with Crippen LogP contribution in [0.5, 0.6) is 0 Å². The number of rotatable bonds is 6. The average Bonchev–Trinajstić information content (AvgIpc) is 3.27. The number of piperazine rings is 1. The van der Waals surface area contributed by atoms with E-state index in [9.17, 15) is 18.8 Å². The molecule has 154 valence electrons. The van der Waals surface area contributed by atoms with Gasteiger partial charge in [0, 0.05) is 26.2 Å². The van der Waals surface area contributed by atoms with E-state index in [0.717, 1.165) is 0 Å². The highest BCUT2D eigenvalue weighted by atomic mass is 19.1. The van der Waals surface area contributed by atoms with E-state index in [1.54, 1.807) is 29.2 Å². The van der Waals surface area contributed by atoms with E-state index in [0.29, 0.717) is 31.9 Å². The van der Waals surface area contributed by atoms with Gasteiger partial charge in [0.15, 0.2) is 12.4 Å². The number of hydrogen-bond acceptors (Lipinski definition) is 6. The van der Waals surface area contributed by atoms with Crippen molar-refractivity contribution in [3.63, 3.8) is 0 Å². The second kappa shape index (κ2) is 9.22. The summed E-state index contributed by atoms with van der Waals surface area (Å²) in [6, 6.07) is 8.59. The van der Waals surface area contributed by atoms with E-state index in [1.807, 2.05) is 4.90 Å². The van der Waals surface area contributed by atoms with Gasteiger partial charge in [-0.1, -0.05) is 12.1 Å². The molecule has 29 heavy (non-hydrogen) atoms. The summed E-state index contributed by atoms with van der Waals surface area (Å²) in [5, 5.41) is 2.44. The van der Waals surface area contributed by atoms with Gasteiger partial charge in [0.05, 0.1) is 12.0 Å². The van der Waals surface area contributed by atoms with Gasteiger partial charge in [0.1, 0.15) is 11.9 Å². The summed E-state index contributed by atoms with van der Waals surface area (Å²) >= 11 is 0. The third-order valence-corrected chi connectivity index (χ3v) is 4.61. The van der Waals surface area contributed by atoms with Crippen LogP contribution in [0.4, 0.5) is 10.1 Å². The highest BCUT2D eigenvalue weighted by molar-refractivity contribution is 5.94. The zero-order valence-electron chi connectivity index (χ0n) is 16.0. The van der Waals surface area contributed by atoms with E-state index in [2.05, 4.69) is 5.32 Å². The number of ether oxygens (including phenoxy) is 1. The van der Waals surface area contributed by atoms with Crippen molar-refractivity contribution in [2.24, 2.45) is 0 Å². The van der Waals surface area contributed by atoms with Crippen molar-refractivity contribution in [2.45, 2.75) is 13.0 Å². The number of anilines is 1. The molecule has 0 aliphatic carbocycles. The van der Waals surface area contributed by atoms with Crippen LogP contribution in [0.15, 0.2) is 47.1 Å². The minimum Gasteiger partial charge on any atom is -0.459 e. The van der Waals surface area contributed by atoms with E-state index in [4.69, 9.17) is 9.15 Å². The molecule has 8 nitrogen and oxygen atoms in total. The lowest BCUT2D eigenvalue weighted by molar-refractivity contribution is -0.153. The predicted octanol–water partition coefficient (Wildman–Crippen LogP) is 1.43. The molecule has 1 aromatic heterocycles. The quantitative estimate of drug-likeness (QED) is 0.734. The first kappa shape index (κ1) is 20.4. The van der Waals surface area contributed by atoms with Crippen molar-refractivity contribution in [3.05, 3.63) is 54.2 Å². The molecule has 2 heterocycles. The fourth-order valence-corrected chi connectivity index (χ4v) is 2.99. The van der Waals surface area contributed by atoms with E-state index in [1.165, 1.54) is 25.3 Å². The third-order valence-electron chi connectivity index (χ3n) is 4.61. The number of carbonyl (C=O) groups is 3. The summed E-state index contributed by atoms with van der Waals surface area (Å²) < 4.78 is 23.8. The number of amides is 2. The van der Waals surface area contributed by atoms with Crippen molar-refractivity contribution >= 4 is 23.5 Å². The highest BCUT2D eigenvalue weighted by Gasteiger charge is 2.25. The fraction of sp³-hybridized carbons (Fsp3) is 0.350. The van der Waals surface area contributed by atoms with Crippen molar-refractivity contribution in [2.75, 3.05) is 37.7 Å². The second-order valence-corrected chi connectivity index (χ2v) is 6.60. The van der Waals surface area contributed by atoms with Crippen molar-refractivity contribution < 1.29 is 27.9 Å². The first-order valence-electron chi connectivity index (χ1n) is 9.24. The van der Waals surface area contributed by atoms with Crippen LogP contribution in [-0.4, -0.2) is 61.5 Å². The van der Waals surface area contributed by atoms with Crippen LogP contribution < -0.4 is 10.2 Å². The number of esters is 1. The van der Waals surface area contributed by atoms with E-state index < -0.39 is 24.5 Å². The summed E-state index contributed by atoms with van der Waals surface area (Å²) in [6.07, 6.45) is 1.35. The molecular formula is C20H22FN3O5. The van der Waals surface area contributed by atoms with E-state index >= 15 is 0 Å². The van der Waals surface area contributed by atoms with E-state index in [-0.39, 0.29) is 17.5 Å². The minimum absolute atomic E-state index is 0.0773. The summed E-state index contributed by atoms with van der Waals surface area (Å²) in [4.78, 5) is 39.6. The van der Waals surface area contributed by atoms with Gasteiger partial charge < -0.3 is 24.3 Å². The predicted molar refractivity (Wildman–Crippen MR) is 102 cm³/mol. The van der Waals surface area contributed by atoms with Crippen LogP contribution in [-0.2, 0) is 14.3 Å². The molecule has 0 unspecified atom stereocenters. The van der Waals surface area contributed by atoms with Crippen molar-refractivity contribution in [3.8, 4) is 0 Å². The Morgan fingerprint density at radius 3 is 2.52 bits per heavy atom. The lowest BCUT2D eigenvalue weighted by Crippen LogP contribution is -2.50. The molecule has 1 aliphatic rings. The number of nitrogens with one attached hydrogen (secondary N) is 1. The topological polar surface area (TPSA) is 92.1 Å². The molecular weight excluding hydrogens is 381 g/mol. The first-order chi connectivity index (χ1) is 14.0. The Bertz CT molecular complexity index is 863. The smallest absolute Gasteiger partial charge is 0.328 e. The summed E-state index contributed by atoms with van der Waals surface area (Å²) in [6.45, 7) is 2.80. The molecule has 0 saturated carbocycles. The largest absolute Gasteiger partial charge is 0.459 e. The maximum atomic E-state index is 13.9. The zero-order chi connectivity index (χ0) is 20.8. The molecule has 0 radical (unpaired) electrons. The van der Waals surface area contributed by atoms with Gasteiger partial charge in [-0.3, -0.25) is 9.59 Å². The molecule has 1 fully saturated rings. The van der Waals surface area contributed by atoms with Crippen LogP contribution in [0.3, 0.4) is 0 Å². The molecule has 0 bridgehead atoms. The number of nitrogens with zero attached hydrogens (tertiary/aromatic N) is 2. The van der Waals surface area contributed by atoms with Crippen LogP contribution in [0.1, 0.15) is 17.5 Å². The molecule has 1 aliphatic heterocycles. The summed E-state index contributed by atoms with van der Waals surface area (Å²) in [7, 11) is 0. The molecule has 1 atom stereocenters. The van der Waals surface area contributed by atoms with Crippen molar-refractivity contribution in [1.82, 2.24) is 10.2 Å². The second-order valence-electron chi connectivity index (χ2n) is 6.60. The van der Waals surface area contributed by atoms with Gasteiger partial charge in [-0.05, 0) is 31.2 Å². The number of furan rings is 1. The average molecular weight is 403 g/mol. The molecule has 0 spiro atoms. The number of para-hydroxylation sites is 1. The number of hydrogen-bond donors (Lipinski definition) is 1. The summed E-state index contributed by atoms with van der Waals surface area (Å²) in [5.41, 5.74) is 0.507. The Labute approximate surface area is 167 Å². The Hall–Kier alpha value is -3.36. The minimum atomic E-state index is -0.932. The van der Waals surface area contributed by atoms with Crippen molar-refractivity contribution in [1.29, 1.82) is 0 Å². The Morgan fingerprint density at radius 1 is 1.14 bits per heavy atom. The van der Waals surface area contributed by atoms with Crippen LogP contribution in [0, 0.1) is 5.82 Å². The molecule has 3 rings (SSSR count). The van der Waals surface area contributed by atoms with Gasteiger partial charge >= 0.3 is 5.97 Å². The maximum absolute atomic E-state index is 13.9. The fourth-order valence-electron chi connectivity index (χ4n) is 2.99. The zero-order valence-corrected chi connectivity index (χ0v) is 16.0. The van der Waals surface area contributed by atoms with Crippen LogP contribution in [0.25, 0.3) is 0 Å². The number of carbonyl (C=O) groups excluding carboxylic acids is 3. The molecule has 2 aromatic rings. The molecule has 9 heteroatoms. The van der Waals surface area contributed by atoms with Gasteiger partial charge in [0.2, 0.25) is 0 Å². The highest BCUT2D eigenvalue weighted by Crippen LogP contribution is 2.20. The monoisotopic (exact) mass is 403 g/mol. The van der Waals surface area contributed by atoms with Gasteiger partial charge in [-0.25, -0.2) is 9.18 Å². The van der Waals surface area contributed by atoms with Gasteiger partial charge in [-0.2, -0.15) is 0 Å². The molecule has 1 N–H and O–H groups in total. The Morgan fingerprint density at radius 2 is 1.86 bits per heavy atom. The number of halogens is 1. The normalized spacial score (nSPS) is 15.0. The Kier molecular flexibility index (Phi) is 6.48. The van der Waals surface area contributed by atoms with Gasteiger partial charge in [-0.15, -0.1) is 0 Å². The first-order valence-corrected chi connectivity index (χ1v) is 9.24. The lowest BCUT2D eigenvalue weighted by Gasteiger charge is -2.36. The molecule has 1 saturated heterocycles. The SMILES string of the molecule is C[C@H](NC(=O)c1ccco1)C(=O)OCC(=O)N1CCN(c2ccccc2F)CC1. The molecule has 1 aromatic carbocycles. The third kappa shape index (κ3) is 5.13. The van der Waals surface area contributed by atoms with Crippen LogP contribution >= 0.6 is 0 Å². The lowest BCUT2D eigenvalue weighted by atomic mass is 10.2. The number of benzene rings is 1. The van der Waals surface area contributed by atoms with Gasteiger partial charge in [0.25, 0.3) is 11.8 Å². The summed E-state index contributed by atoms with van der Waals surface area (Å²) in [5.74, 6) is -1.82. The van der Waals surface area contributed by atoms with Crippen LogP contribution in [0.2, 0.25) is 0 Å². The standard InChI is InChI=1S/C20H22FN3O5/c1-14(22-19(26)17-7-4-12-28-17)20(27)29-13-18(25)24-10-8-23(9-11-24)16-6-3-2-5-15(16)21/h2-7,12,14H,8-11,13H2,1H3,(H,22,26)/t14-/m0/s1. The Balaban J connectivity index is 1.42. The maximum Gasteiger partial charge on any atom is 0.328 e.